The van der Waals surface area contributed by atoms with Crippen molar-refractivity contribution in [3.63, 3.8) is 0 Å². The summed E-state index contributed by atoms with van der Waals surface area (Å²) in [5, 5.41) is 1.77. The number of thiophene rings is 1. The molecule has 0 N–H and O–H groups in total. The first kappa shape index (κ1) is 18.5. The predicted molar refractivity (Wildman–Crippen MR) is 104 cm³/mol. The lowest BCUT2D eigenvalue weighted by atomic mass is 9.85. The van der Waals surface area contributed by atoms with Crippen LogP contribution in [-0.4, -0.2) is 73.6 Å². The Labute approximate surface area is 168 Å². The minimum absolute atomic E-state index is 0.00856. The summed E-state index contributed by atoms with van der Waals surface area (Å²) < 4.78 is 27.1. The number of piperazine rings is 1. The van der Waals surface area contributed by atoms with Crippen LogP contribution < -0.4 is 0 Å². The molecule has 2 aliphatic heterocycles. The lowest BCUT2D eigenvalue weighted by molar-refractivity contribution is -0.140. The van der Waals surface area contributed by atoms with E-state index in [0.717, 1.165) is 6.42 Å². The second-order valence-electron chi connectivity index (χ2n) is 8.01. The predicted octanol–water partition coefficient (Wildman–Crippen LogP) is 0.862. The van der Waals surface area contributed by atoms with E-state index in [-0.39, 0.29) is 35.5 Å². The fourth-order valence-corrected chi connectivity index (χ4v) is 7.72. The highest BCUT2D eigenvalue weighted by atomic mass is 32.2. The number of hydrogen-bond acceptors (Lipinski definition) is 6. The molecule has 2 bridgehead atoms. The lowest BCUT2D eigenvalue weighted by Crippen LogP contribution is -2.50. The minimum atomic E-state index is -3.41. The number of carbonyl (C=O) groups is 2. The Morgan fingerprint density at radius 3 is 2.18 bits per heavy atom. The highest BCUT2D eigenvalue weighted by molar-refractivity contribution is 7.91. The Kier molecular flexibility index (Phi) is 4.46. The van der Waals surface area contributed by atoms with Crippen molar-refractivity contribution in [1.82, 2.24) is 14.1 Å². The maximum absolute atomic E-state index is 12.7. The highest BCUT2D eigenvalue weighted by Gasteiger charge is 2.59. The molecule has 1 saturated carbocycles. The van der Waals surface area contributed by atoms with Crippen molar-refractivity contribution in [3.8, 4) is 0 Å². The van der Waals surface area contributed by atoms with Gasteiger partial charge in [0.25, 0.3) is 10.0 Å². The van der Waals surface area contributed by atoms with Gasteiger partial charge in [0.1, 0.15) is 4.21 Å². The van der Waals surface area contributed by atoms with Crippen molar-refractivity contribution in [3.05, 3.63) is 29.7 Å². The van der Waals surface area contributed by atoms with E-state index >= 15 is 0 Å². The number of amides is 2. The molecule has 2 amide bonds. The molecule has 0 aromatic carbocycles. The minimum Gasteiger partial charge on any atom is -0.299 e. The zero-order chi connectivity index (χ0) is 19.5. The topological polar surface area (TPSA) is 78.0 Å². The SMILES string of the molecule is O=C1[C@H]2[C@H](C(=O)N1CCN1CCN(S(=O)(=O)c3cccs3)CC1)[C@H]1C=C[C@H]2C1. The Bertz CT molecular complexity index is 889. The van der Waals surface area contributed by atoms with Gasteiger partial charge < -0.3 is 0 Å². The van der Waals surface area contributed by atoms with Crippen LogP contribution in [0.25, 0.3) is 0 Å². The monoisotopic (exact) mass is 421 g/mol. The van der Waals surface area contributed by atoms with E-state index in [1.54, 1.807) is 17.5 Å². The van der Waals surface area contributed by atoms with Crippen LogP contribution in [0, 0.1) is 23.7 Å². The molecule has 5 rings (SSSR count). The number of nitrogens with zero attached hydrogens (tertiary/aromatic N) is 3. The number of allylic oxidation sites excluding steroid dienone is 2. The second kappa shape index (κ2) is 6.76. The molecule has 1 aromatic rings. The van der Waals surface area contributed by atoms with Crippen molar-refractivity contribution in [1.29, 1.82) is 0 Å². The Balaban J connectivity index is 1.16. The van der Waals surface area contributed by atoms with E-state index in [1.165, 1.54) is 20.5 Å². The highest BCUT2D eigenvalue weighted by Crippen LogP contribution is 2.52. The van der Waals surface area contributed by atoms with Crippen LogP contribution >= 0.6 is 11.3 Å². The molecule has 1 aromatic heterocycles. The van der Waals surface area contributed by atoms with Crippen LogP contribution in [0.15, 0.2) is 33.9 Å². The lowest BCUT2D eigenvalue weighted by Gasteiger charge is -2.34. The summed E-state index contributed by atoms with van der Waals surface area (Å²) in [6.07, 6.45) is 5.16. The first-order valence-electron chi connectivity index (χ1n) is 9.76. The van der Waals surface area contributed by atoms with Gasteiger partial charge >= 0.3 is 0 Å². The third kappa shape index (κ3) is 2.79. The zero-order valence-corrected chi connectivity index (χ0v) is 17.1. The third-order valence-corrected chi connectivity index (χ3v) is 9.89. The Morgan fingerprint density at radius 2 is 1.61 bits per heavy atom. The van der Waals surface area contributed by atoms with E-state index in [2.05, 4.69) is 17.1 Å². The molecule has 150 valence electrons. The van der Waals surface area contributed by atoms with Gasteiger partial charge in [-0.25, -0.2) is 8.42 Å². The maximum Gasteiger partial charge on any atom is 0.252 e. The fourth-order valence-electron chi connectivity index (χ4n) is 5.16. The van der Waals surface area contributed by atoms with Gasteiger partial charge in [-0.1, -0.05) is 18.2 Å². The van der Waals surface area contributed by atoms with Crippen molar-refractivity contribution in [2.45, 2.75) is 10.6 Å². The summed E-state index contributed by atoms with van der Waals surface area (Å²) in [6, 6.07) is 3.38. The normalized spacial score (nSPS) is 33.2. The quantitative estimate of drug-likeness (QED) is 0.521. The number of hydrogen-bond donors (Lipinski definition) is 0. The second-order valence-corrected chi connectivity index (χ2v) is 11.1. The fraction of sp³-hybridized carbons (Fsp3) is 0.579. The summed E-state index contributed by atoms with van der Waals surface area (Å²) in [6.45, 7) is 3.10. The molecule has 4 atom stereocenters. The van der Waals surface area contributed by atoms with Crippen LogP contribution in [0.5, 0.6) is 0 Å². The molecule has 2 saturated heterocycles. The molecule has 3 heterocycles. The average molecular weight is 422 g/mol. The van der Waals surface area contributed by atoms with Gasteiger partial charge in [0.2, 0.25) is 11.8 Å². The first-order valence-corrected chi connectivity index (χ1v) is 12.1. The largest absolute Gasteiger partial charge is 0.299 e. The van der Waals surface area contributed by atoms with Crippen LogP contribution in [0.4, 0.5) is 0 Å². The van der Waals surface area contributed by atoms with E-state index < -0.39 is 10.0 Å². The van der Waals surface area contributed by atoms with Crippen LogP contribution in [0.3, 0.4) is 0 Å². The number of likely N-dealkylation sites (tertiary alicyclic amines) is 1. The molecule has 7 nitrogen and oxygen atoms in total. The van der Waals surface area contributed by atoms with Crippen molar-refractivity contribution in [2.24, 2.45) is 23.7 Å². The molecule has 0 unspecified atom stereocenters. The smallest absolute Gasteiger partial charge is 0.252 e. The van der Waals surface area contributed by atoms with Crippen molar-refractivity contribution < 1.29 is 18.0 Å². The van der Waals surface area contributed by atoms with Crippen LogP contribution in [0.1, 0.15) is 6.42 Å². The molecule has 2 aliphatic carbocycles. The van der Waals surface area contributed by atoms with Crippen LogP contribution in [0.2, 0.25) is 0 Å². The van der Waals surface area contributed by atoms with Gasteiger partial charge in [0, 0.05) is 39.3 Å². The van der Waals surface area contributed by atoms with E-state index in [1.807, 2.05) is 0 Å². The summed E-state index contributed by atoms with van der Waals surface area (Å²) in [5.74, 6) is 0.173. The first-order chi connectivity index (χ1) is 13.5. The van der Waals surface area contributed by atoms with Gasteiger partial charge in [-0.2, -0.15) is 4.31 Å². The van der Waals surface area contributed by atoms with E-state index in [4.69, 9.17) is 0 Å². The standard InChI is InChI=1S/C19H23N3O4S2/c23-18-16-13-3-4-14(12-13)17(16)19(24)22(18)10-7-20-5-8-21(9-6-20)28(25,26)15-2-1-11-27-15/h1-4,11,13-14,16-17H,5-10,12H2/t13-,14-,16+,17+/m0/s1. The van der Waals surface area contributed by atoms with Gasteiger partial charge in [-0.15, -0.1) is 11.3 Å². The summed E-state index contributed by atoms with van der Waals surface area (Å²) in [5.41, 5.74) is 0. The molecule has 28 heavy (non-hydrogen) atoms. The summed E-state index contributed by atoms with van der Waals surface area (Å²) in [7, 11) is -3.41. The summed E-state index contributed by atoms with van der Waals surface area (Å²) in [4.78, 5) is 29.1. The molecular weight excluding hydrogens is 398 g/mol. The molecule has 0 spiro atoms. The van der Waals surface area contributed by atoms with E-state index in [0.29, 0.717) is 43.5 Å². The maximum atomic E-state index is 12.7. The molecule has 3 fully saturated rings. The van der Waals surface area contributed by atoms with Gasteiger partial charge in [-0.3, -0.25) is 19.4 Å². The Morgan fingerprint density at radius 1 is 0.964 bits per heavy atom. The average Bonchev–Trinajstić information content (AvgIpc) is 3.47. The summed E-state index contributed by atoms with van der Waals surface area (Å²) >= 11 is 1.24. The van der Waals surface area contributed by atoms with Crippen molar-refractivity contribution >= 4 is 33.2 Å². The van der Waals surface area contributed by atoms with Crippen LogP contribution in [-0.2, 0) is 19.6 Å². The molecular formula is C19H23N3O4S2. The van der Waals surface area contributed by atoms with Gasteiger partial charge in [0.05, 0.1) is 11.8 Å². The van der Waals surface area contributed by atoms with E-state index in [9.17, 15) is 18.0 Å². The van der Waals surface area contributed by atoms with Crippen molar-refractivity contribution in [2.75, 3.05) is 39.3 Å². The number of fused-ring (bicyclic) bond motifs is 5. The molecule has 9 heteroatoms. The number of imide groups is 1. The van der Waals surface area contributed by atoms with Gasteiger partial charge in [-0.05, 0) is 29.7 Å². The number of sulfonamides is 1. The van der Waals surface area contributed by atoms with Gasteiger partial charge in [0.15, 0.2) is 0 Å². The molecule has 0 radical (unpaired) electrons. The third-order valence-electron chi connectivity index (χ3n) is 6.62. The number of rotatable bonds is 5. The number of carbonyl (C=O) groups excluding carboxylic acids is 2. The zero-order valence-electron chi connectivity index (χ0n) is 15.4. The molecule has 4 aliphatic rings. The Hall–Kier alpha value is -1.55.